The molecule has 31 heavy (non-hydrogen) atoms. The number of nitrogens with one attached hydrogen (secondary N) is 1. The monoisotopic (exact) mass is 497 g/mol. The highest BCUT2D eigenvalue weighted by molar-refractivity contribution is 9.10. The van der Waals surface area contributed by atoms with Crippen molar-refractivity contribution in [1.29, 1.82) is 0 Å². The quantitative estimate of drug-likeness (QED) is 0.450. The summed E-state index contributed by atoms with van der Waals surface area (Å²) in [5, 5.41) is 3.59. The van der Waals surface area contributed by atoms with Crippen LogP contribution in [0.4, 0.5) is 5.69 Å². The van der Waals surface area contributed by atoms with E-state index in [4.69, 9.17) is 11.6 Å². The van der Waals surface area contributed by atoms with E-state index in [9.17, 15) is 14.4 Å². The Morgan fingerprint density at radius 2 is 1.68 bits per heavy atom. The molecule has 4 rings (SSSR count). The lowest BCUT2D eigenvalue weighted by molar-refractivity contribution is -0.116. The van der Waals surface area contributed by atoms with Crippen LogP contribution in [0, 0.1) is 6.92 Å². The van der Waals surface area contributed by atoms with Crippen LogP contribution >= 0.6 is 27.5 Å². The van der Waals surface area contributed by atoms with Gasteiger partial charge in [-0.1, -0.05) is 45.2 Å². The zero-order chi connectivity index (χ0) is 22.1. The average molecular weight is 499 g/mol. The van der Waals surface area contributed by atoms with Crippen molar-refractivity contribution in [2.45, 2.75) is 13.5 Å². The summed E-state index contributed by atoms with van der Waals surface area (Å²) in [7, 11) is 0. The van der Waals surface area contributed by atoms with Gasteiger partial charge in [-0.2, -0.15) is 0 Å². The molecule has 0 aliphatic carbocycles. The van der Waals surface area contributed by atoms with Gasteiger partial charge in [0.25, 0.3) is 5.56 Å². The number of carbonyl (C=O) groups is 1. The highest BCUT2D eigenvalue weighted by Gasteiger charge is 2.17. The van der Waals surface area contributed by atoms with Crippen LogP contribution < -0.4 is 16.6 Å². The number of amides is 1. The normalized spacial score (nSPS) is 10.9. The molecule has 6 nitrogen and oxygen atoms in total. The Morgan fingerprint density at radius 1 is 1.00 bits per heavy atom. The number of anilines is 1. The number of halogens is 2. The van der Waals surface area contributed by atoms with Crippen LogP contribution in [0.25, 0.3) is 16.6 Å². The first-order chi connectivity index (χ1) is 14.8. The average Bonchev–Trinajstić information content (AvgIpc) is 2.74. The van der Waals surface area contributed by atoms with Crippen LogP contribution in [-0.2, 0) is 11.3 Å². The van der Waals surface area contributed by atoms with Gasteiger partial charge in [0.15, 0.2) is 0 Å². The summed E-state index contributed by atoms with van der Waals surface area (Å²) in [5.41, 5.74) is 1.36. The Bertz CT molecular complexity index is 1410. The maximum atomic E-state index is 13.3. The second kappa shape index (κ2) is 8.53. The molecule has 1 aromatic heterocycles. The summed E-state index contributed by atoms with van der Waals surface area (Å²) in [6.07, 6.45) is 0. The fourth-order valence-corrected chi connectivity index (χ4v) is 3.78. The maximum Gasteiger partial charge on any atom is 0.336 e. The topological polar surface area (TPSA) is 73.1 Å². The van der Waals surface area contributed by atoms with Gasteiger partial charge in [0.05, 0.1) is 16.6 Å². The van der Waals surface area contributed by atoms with Gasteiger partial charge in [0.1, 0.15) is 6.54 Å². The summed E-state index contributed by atoms with van der Waals surface area (Å²) in [6, 6.07) is 18.7. The Kier molecular flexibility index (Phi) is 5.80. The van der Waals surface area contributed by atoms with Gasteiger partial charge in [0.2, 0.25) is 5.91 Å². The Labute approximate surface area is 190 Å². The van der Waals surface area contributed by atoms with Crippen molar-refractivity contribution >= 4 is 50.0 Å². The van der Waals surface area contributed by atoms with Gasteiger partial charge >= 0.3 is 5.69 Å². The van der Waals surface area contributed by atoms with Crippen molar-refractivity contribution in [1.82, 2.24) is 9.13 Å². The van der Waals surface area contributed by atoms with Crippen molar-refractivity contribution in [2.24, 2.45) is 0 Å². The molecule has 0 radical (unpaired) electrons. The summed E-state index contributed by atoms with van der Waals surface area (Å²) in [5.74, 6) is -0.378. The van der Waals surface area contributed by atoms with E-state index in [0.29, 0.717) is 31.8 Å². The molecule has 0 saturated carbocycles. The zero-order valence-corrected chi connectivity index (χ0v) is 18.8. The summed E-state index contributed by atoms with van der Waals surface area (Å²) >= 11 is 9.32. The van der Waals surface area contributed by atoms with Crippen molar-refractivity contribution in [3.63, 3.8) is 0 Å². The zero-order valence-electron chi connectivity index (χ0n) is 16.4. The molecule has 8 heteroatoms. The van der Waals surface area contributed by atoms with E-state index in [-0.39, 0.29) is 12.5 Å². The lowest BCUT2D eigenvalue weighted by atomic mass is 10.2. The van der Waals surface area contributed by atoms with E-state index in [1.807, 2.05) is 19.1 Å². The van der Waals surface area contributed by atoms with E-state index < -0.39 is 11.2 Å². The molecule has 1 N–H and O–H groups in total. The largest absolute Gasteiger partial charge is 0.336 e. The minimum atomic E-state index is -0.610. The highest BCUT2D eigenvalue weighted by atomic mass is 79.9. The van der Waals surface area contributed by atoms with Gasteiger partial charge in [-0.3, -0.25) is 14.2 Å². The molecule has 0 atom stereocenters. The fourth-order valence-electron chi connectivity index (χ4n) is 3.30. The van der Waals surface area contributed by atoms with Crippen LogP contribution in [0.3, 0.4) is 0 Å². The summed E-state index contributed by atoms with van der Waals surface area (Å²) in [6.45, 7) is 1.70. The van der Waals surface area contributed by atoms with E-state index in [1.165, 1.54) is 4.57 Å². The number of benzene rings is 3. The van der Waals surface area contributed by atoms with Crippen LogP contribution in [0.15, 0.2) is 80.8 Å². The van der Waals surface area contributed by atoms with E-state index >= 15 is 0 Å². The third-order valence-electron chi connectivity index (χ3n) is 4.83. The second-order valence-corrected chi connectivity index (χ2v) is 8.41. The molecule has 0 aliphatic heterocycles. The summed E-state index contributed by atoms with van der Waals surface area (Å²) in [4.78, 5) is 39.2. The Hall–Kier alpha value is -3.16. The van der Waals surface area contributed by atoms with Gasteiger partial charge in [-0.05, 0) is 61.5 Å². The molecule has 0 unspecified atom stereocenters. The standard InChI is InChI=1S/C23H17BrClN3O3/c1-14-2-7-17(8-3-14)26-21(29)13-27-20-11-4-15(24)12-19(20)22(30)28(23(27)31)18-9-5-16(25)6-10-18/h2-12H,13H2,1H3,(H,26,29). The molecule has 0 saturated heterocycles. The first-order valence-corrected chi connectivity index (χ1v) is 10.6. The fraction of sp³-hybridized carbons (Fsp3) is 0.0870. The predicted molar refractivity (Wildman–Crippen MR) is 126 cm³/mol. The van der Waals surface area contributed by atoms with Gasteiger partial charge in [-0.15, -0.1) is 0 Å². The molecular weight excluding hydrogens is 482 g/mol. The molecule has 0 aliphatic rings. The summed E-state index contributed by atoms with van der Waals surface area (Å²) < 4.78 is 3.03. The number of hydrogen-bond acceptors (Lipinski definition) is 3. The number of carbonyl (C=O) groups excluding carboxylic acids is 1. The van der Waals surface area contributed by atoms with Crippen molar-refractivity contribution in [3.05, 3.63) is 103 Å². The highest BCUT2D eigenvalue weighted by Crippen LogP contribution is 2.18. The predicted octanol–water partition coefficient (Wildman–Crippen LogP) is 4.52. The third-order valence-corrected chi connectivity index (χ3v) is 5.57. The van der Waals surface area contributed by atoms with Gasteiger partial charge < -0.3 is 5.32 Å². The SMILES string of the molecule is Cc1ccc(NC(=O)Cn2c(=O)n(-c3ccc(Cl)cc3)c(=O)c3cc(Br)ccc32)cc1. The number of aryl methyl sites for hydroxylation is 1. The number of rotatable bonds is 4. The van der Waals surface area contributed by atoms with Crippen molar-refractivity contribution < 1.29 is 4.79 Å². The van der Waals surface area contributed by atoms with Crippen molar-refractivity contribution in [3.8, 4) is 5.69 Å². The molecule has 156 valence electrons. The van der Waals surface area contributed by atoms with Gasteiger partial charge in [0, 0.05) is 15.2 Å². The number of nitrogens with zero attached hydrogens (tertiary/aromatic N) is 2. The van der Waals surface area contributed by atoms with Gasteiger partial charge in [-0.25, -0.2) is 9.36 Å². The second-order valence-electron chi connectivity index (χ2n) is 7.06. The third kappa shape index (κ3) is 4.33. The Morgan fingerprint density at radius 3 is 2.35 bits per heavy atom. The van der Waals surface area contributed by atoms with Crippen LogP contribution in [0.5, 0.6) is 0 Å². The Balaban J connectivity index is 1.84. The van der Waals surface area contributed by atoms with Crippen LogP contribution in [0.2, 0.25) is 5.02 Å². The minimum Gasteiger partial charge on any atom is -0.325 e. The van der Waals surface area contributed by atoms with Crippen LogP contribution in [-0.4, -0.2) is 15.0 Å². The molecular formula is C23H17BrClN3O3. The lowest BCUT2D eigenvalue weighted by Gasteiger charge is -2.14. The molecule has 4 aromatic rings. The number of aromatic nitrogens is 2. The number of hydrogen-bond donors (Lipinski definition) is 1. The number of fused-ring (bicyclic) bond motifs is 1. The lowest BCUT2D eigenvalue weighted by Crippen LogP contribution is -2.40. The first-order valence-electron chi connectivity index (χ1n) is 9.41. The molecule has 0 bridgehead atoms. The molecule has 3 aromatic carbocycles. The van der Waals surface area contributed by atoms with E-state index in [2.05, 4.69) is 21.2 Å². The van der Waals surface area contributed by atoms with E-state index in [1.54, 1.807) is 54.6 Å². The van der Waals surface area contributed by atoms with E-state index in [0.717, 1.165) is 10.1 Å². The smallest absolute Gasteiger partial charge is 0.325 e. The van der Waals surface area contributed by atoms with Crippen molar-refractivity contribution in [2.75, 3.05) is 5.32 Å². The maximum absolute atomic E-state index is 13.3. The van der Waals surface area contributed by atoms with Crippen LogP contribution in [0.1, 0.15) is 5.56 Å². The molecule has 1 heterocycles. The molecule has 1 amide bonds. The molecule has 0 fully saturated rings. The first kappa shape index (κ1) is 21.1. The minimum absolute atomic E-state index is 0.251. The molecule has 0 spiro atoms.